The molecule has 0 saturated heterocycles. The summed E-state index contributed by atoms with van der Waals surface area (Å²) >= 11 is 0. The van der Waals surface area contributed by atoms with Gasteiger partial charge < -0.3 is 50.4 Å². The zero-order valence-corrected chi connectivity index (χ0v) is 8.21. The van der Waals surface area contributed by atoms with Crippen molar-refractivity contribution >= 4 is 30.9 Å². The predicted molar refractivity (Wildman–Crippen MR) is 43.9 cm³/mol. The average molecular weight is 232 g/mol. The largest absolute Gasteiger partial charge is 2.00 e. The van der Waals surface area contributed by atoms with Gasteiger partial charge in [0.15, 0.2) is 0 Å². The van der Waals surface area contributed by atoms with Crippen LogP contribution in [0.5, 0.6) is 0 Å². The first kappa shape index (κ1) is 79.6. The van der Waals surface area contributed by atoms with Crippen LogP contribution in [0.4, 0.5) is 0 Å². The molecule has 0 aliphatic heterocycles. The second-order valence-corrected chi connectivity index (χ2v) is 1.54. The first-order valence-corrected chi connectivity index (χ1v) is 2.35. The smallest absolute Gasteiger partial charge is 1.00 e. The zero-order chi connectivity index (χ0) is 4.50. The van der Waals surface area contributed by atoms with E-state index in [-0.39, 0.29) is 58.8 Å². The molecule has 0 aromatic rings. The van der Waals surface area contributed by atoms with Gasteiger partial charge in [-0.05, 0) is 0 Å². The maximum Gasteiger partial charge on any atom is 2.00 e. The maximum atomic E-state index is 8.88. The molecular formula is H17MgO10P. The van der Waals surface area contributed by atoms with Crippen molar-refractivity contribution in [3.63, 3.8) is 0 Å². The Hall–Kier alpha value is 0.636. The summed E-state index contributed by atoms with van der Waals surface area (Å²) in [5.41, 5.74) is 0. The molecule has 0 fully saturated rings. The Labute approximate surface area is 86.4 Å². The van der Waals surface area contributed by atoms with Gasteiger partial charge in [-0.2, -0.15) is 0 Å². The molecule has 12 heteroatoms. The third kappa shape index (κ3) is 2440. The average Bonchev–Trinajstić information content (AvgIpc) is 0.722. The van der Waals surface area contributed by atoms with Crippen LogP contribution in [0.15, 0.2) is 0 Å². The van der Waals surface area contributed by atoms with E-state index in [2.05, 4.69) is 0 Å². The van der Waals surface area contributed by atoms with E-state index in [0.29, 0.717) is 0 Å². The van der Waals surface area contributed by atoms with Gasteiger partial charge in [0, 0.05) is 0 Å². The number of phosphoric acid groups is 1. The number of rotatable bonds is 0. The molecule has 0 atom stereocenters. The molecule has 0 heterocycles. The summed E-state index contributed by atoms with van der Waals surface area (Å²) in [6.07, 6.45) is 0. The van der Waals surface area contributed by atoms with Crippen LogP contribution in [-0.2, 0) is 4.57 Å². The van der Waals surface area contributed by atoms with Crippen LogP contribution in [0.25, 0.3) is 0 Å². The summed E-state index contributed by atoms with van der Waals surface area (Å²) in [6.45, 7) is 0. The van der Waals surface area contributed by atoms with Crippen LogP contribution in [0.2, 0.25) is 0 Å². The fraction of sp³-hybridized carbons (Fsp3) is 0. The van der Waals surface area contributed by atoms with Gasteiger partial charge in [0.2, 0.25) is 0 Å². The third-order valence-corrected chi connectivity index (χ3v) is 0. The van der Waals surface area contributed by atoms with Gasteiger partial charge in [0.1, 0.15) is 0 Å². The zero-order valence-electron chi connectivity index (χ0n) is 7.90. The standard InChI is InChI=1S/Mg.H3O4P.6H2O.2H/c;1-5(2,3)4;;;;;;;;/h;(H3,1,2,3,4);6*1H2;;/q+2;;;;;;;;2*-1. The van der Waals surface area contributed by atoms with Crippen molar-refractivity contribution in [1.29, 1.82) is 0 Å². The van der Waals surface area contributed by atoms with E-state index >= 15 is 0 Å². The Balaban J connectivity index is -0.00000000222. The summed E-state index contributed by atoms with van der Waals surface area (Å²) in [7, 11) is -4.64. The van der Waals surface area contributed by atoms with Crippen molar-refractivity contribution in [2.24, 2.45) is 0 Å². The number of hydrogen-bond acceptors (Lipinski definition) is 1. The predicted octanol–water partition coefficient (Wildman–Crippen LogP) is -6.03. The van der Waals surface area contributed by atoms with Crippen molar-refractivity contribution in [2.75, 3.05) is 0 Å². The van der Waals surface area contributed by atoms with Crippen LogP contribution < -0.4 is 0 Å². The summed E-state index contributed by atoms with van der Waals surface area (Å²) in [5.74, 6) is 0. The van der Waals surface area contributed by atoms with Gasteiger partial charge in [0.05, 0.1) is 0 Å². The monoisotopic (exact) mass is 232 g/mol. The van der Waals surface area contributed by atoms with E-state index in [1.165, 1.54) is 0 Å². The molecule has 0 aromatic heterocycles. The molecule has 0 radical (unpaired) electrons. The SMILES string of the molecule is O.O.O.O.O.O.O=P(O)(O)O.[H-].[H-].[Mg+2]. The van der Waals surface area contributed by atoms with Gasteiger partial charge in [-0.3, -0.25) is 0 Å². The molecule has 0 unspecified atom stereocenters. The minimum Gasteiger partial charge on any atom is -1.00 e. The fourth-order valence-corrected chi connectivity index (χ4v) is 0. The molecule has 84 valence electrons. The van der Waals surface area contributed by atoms with E-state index < -0.39 is 7.82 Å². The van der Waals surface area contributed by atoms with E-state index in [9.17, 15) is 0 Å². The summed E-state index contributed by atoms with van der Waals surface area (Å²) in [4.78, 5) is 21.6. The third-order valence-electron chi connectivity index (χ3n) is 0. The molecule has 15 N–H and O–H groups in total. The first-order valence-electron chi connectivity index (χ1n) is 0.783. The second kappa shape index (κ2) is 29.9. The van der Waals surface area contributed by atoms with Crippen LogP contribution in [0.3, 0.4) is 0 Å². The molecule has 10 nitrogen and oxygen atoms in total. The molecule has 0 spiro atoms. The van der Waals surface area contributed by atoms with E-state index in [1.54, 1.807) is 0 Å². The summed E-state index contributed by atoms with van der Waals surface area (Å²) < 4.78 is 8.88. The molecule has 0 aliphatic carbocycles. The molecule has 0 aromatic carbocycles. The Bertz CT molecular complexity index is 64.3. The molecule has 0 bridgehead atoms. The Kier molecular flexibility index (Phi) is 198. The Morgan fingerprint density at radius 3 is 0.750 bits per heavy atom. The van der Waals surface area contributed by atoms with Crippen molar-refractivity contribution in [2.45, 2.75) is 0 Å². The Morgan fingerprint density at radius 2 is 0.750 bits per heavy atom. The van der Waals surface area contributed by atoms with E-state index in [1.807, 2.05) is 0 Å². The van der Waals surface area contributed by atoms with Gasteiger partial charge in [-0.1, -0.05) is 0 Å². The molecule has 0 saturated carbocycles. The van der Waals surface area contributed by atoms with E-state index in [0.717, 1.165) is 0 Å². The maximum absolute atomic E-state index is 8.88. The summed E-state index contributed by atoms with van der Waals surface area (Å²) in [6, 6.07) is 0. The van der Waals surface area contributed by atoms with Gasteiger partial charge in [-0.25, -0.2) is 4.57 Å². The van der Waals surface area contributed by atoms with Crippen molar-refractivity contribution in [3.8, 4) is 0 Å². The van der Waals surface area contributed by atoms with E-state index in [4.69, 9.17) is 19.2 Å². The molecule has 0 amide bonds. The van der Waals surface area contributed by atoms with Crippen molar-refractivity contribution in [1.82, 2.24) is 0 Å². The van der Waals surface area contributed by atoms with Gasteiger partial charge in [0.25, 0.3) is 0 Å². The fourth-order valence-electron chi connectivity index (χ4n) is 0. The normalized spacial score (nSPS) is 4.92. The topological polar surface area (TPSA) is 267 Å². The molecular weight excluding hydrogens is 215 g/mol. The minimum atomic E-state index is -4.64. The van der Waals surface area contributed by atoms with Crippen LogP contribution in [-0.4, -0.2) is 70.6 Å². The Morgan fingerprint density at radius 1 is 0.750 bits per heavy atom. The first-order chi connectivity index (χ1) is 2.00. The van der Waals surface area contributed by atoms with Crippen LogP contribution >= 0.6 is 7.82 Å². The van der Waals surface area contributed by atoms with Crippen molar-refractivity contribution in [3.05, 3.63) is 0 Å². The van der Waals surface area contributed by atoms with Gasteiger partial charge in [-0.15, -0.1) is 0 Å². The second-order valence-electron chi connectivity index (χ2n) is 0.513. The quantitative estimate of drug-likeness (QED) is 0.271. The molecule has 0 rings (SSSR count). The van der Waals surface area contributed by atoms with Crippen LogP contribution in [0, 0.1) is 0 Å². The molecule has 12 heavy (non-hydrogen) atoms. The van der Waals surface area contributed by atoms with Crippen molar-refractivity contribution < 1.29 is 55.0 Å². The number of hydrogen-bond donors (Lipinski definition) is 3. The van der Waals surface area contributed by atoms with Gasteiger partial charge >= 0.3 is 30.9 Å². The molecule has 0 aliphatic rings. The summed E-state index contributed by atoms with van der Waals surface area (Å²) in [5, 5.41) is 0. The van der Waals surface area contributed by atoms with Crippen LogP contribution in [0.1, 0.15) is 2.85 Å². The minimum absolute atomic E-state index is 0.